The van der Waals surface area contributed by atoms with E-state index in [4.69, 9.17) is 4.42 Å². The van der Waals surface area contributed by atoms with Gasteiger partial charge in [-0.05, 0) is 24.3 Å². The molecule has 0 aliphatic heterocycles. The summed E-state index contributed by atoms with van der Waals surface area (Å²) in [4.78, 5) is 27.0. The first-order valence-corrected chi connectivity index (χ1v) is 6.42. The van der Waals surface area contributed by atoms with E-state index < -0.39 is 11.9 Å². The molecule has 6 heteroatoms. The van der Waals surface area contributed by atoms with Gasteiger partial charge in [0, 0.05) is 17.8 Å². The Kier molecular flexibility index (Phi) is 3.14. The molecule has 0 unspecified atom stereocenters. The molecule has 0 aliphatic rings. The molecule has 22 heavy (non-hydrogen) atoms. The molecule has 0 atom stereocenters. The highest BCUT2D eigenvalue weighted by atomic mass is 16.4. The Morgan fingerprint density at radius 1 is 1.00 bits per heavy atom. The number of nitrogens with zero attached hydrogens (tertiary/aromatic N) is 1. The van der Waals surface area contributed by atoms with Crippen LogP contribution in [-0.4, -0.2) is 29.2 Å². The van der Waals surface area contributed by atoms with Gasteiger partial charge in [-0.1, -0.05) is 12.1 Å². The molecule has 1 heterocycles. The molecule has 0 aliphatic carbocycles. The summed E-state index contributed by atoms with van der Waals surface area (Å²) in [6.07, 6.45) is 0. The van der Waals surface area contributed by atoms with Crippen molar-refractivity contribution in [1.82, 2.24) is 0 Å². The molecule has 6 nitrogen and oxygen atoms in total. The van der Waals surface area contributed by atoms with Crippen molar-refractivity contribution in [3.05, 3.63) is 52.9 Å². The van der Waals surface area contributed by atoms with Gasteiger partial charge in [0.1, 0.15) is 11.1 Å². The number of benzene rings is 2. The van der Waals surface area contributed by atoms with Crippen LogP contribution in [0.15, 0.2) is 45.8 Å². The van der Waals surface area contributed by atoms with Gasteiger partial charge < -0.3 is 14.6 Å². The predicted molar refractivity (Wildman–Crippen MR) is 79.1 cm³/mol. The van der Waals surface area contributed by atoms with Crippen molar-refractivity contribution in [2.45, 2.75) is 0 Å². The van der Waals surface area contributed by atoms with E-state index in [1.165, 1.54) is 12.1 Å². The first-order valence-electron chi connectivity index (χ1n) is 6.42. The molecule has 3 rings (SSSR count). The molecule has 0 bridgehead atoms. The Morgan fingerprint density at radius 2 is 1.73 bits per heavy atom. The monoisotopic (exact) mass is 297 g/mol. The molecule has 0 saturated heterocycles. The third kappa shape index (κ3) is 1.93. The first-order chi connectivity index (χ1) is 10.5. The molecule has 3 aromatic rings. The van der Waals surface area contributed by atoms with E-state index in [-0.39, 0.29) is 16.7 Å². The van der Waals surface area contributed by atoms with Gasteiger partial charge in [-0.3, -0.25) is 4.99 Å². The number of rotatable bonds is 2. The maximum atomic E-state index is 11.5. The number of para-hydroxylation sites is 1. The third-order valence-electron chi connectivity index (χ3n) is 3.43. The summed E-state index contributed by atoms with van der Waals surface area (Å²) in [5, 5.41) is 20.3. The van der Waals surface area contributed by atoms with E-state index in [2.05, 4.69) is 4.99 Å². The van der Waals surface area contributed by atoms with Crippen molar-refractivity contribution < 1.29 is 24.2 Å². The van der Waals surface area contributed by atoms with Gasteiger partial charge in [0.2, 0.25) is 0 Å². The molecule has 110 valence electrons. The number of hydrogen-bond donors (Lipinski definition) is 2. The van der Waals surface area contributed by atoms with E-state index >= 15 is 0 Å². The lowest BCUT2D eigenvalue weighted by Crippen LogP contribution is -2.12. The summed E-state index contributed by atoms with van der Waals surface area (Å²) in [5.41, 5.74) is -0.242. The molecule has 0 amide bonds. The van der Waals surface area contributed by atoms with Gasteiger partial charge in [-0.2, -0.15) is 0 Å². The Bertz CT molecular complexity index is 1000. The fraction of sp³-hybridized carbons (Fsp3) is 0.0625. The number of carboxylic acids is 2. The molecule has 1 aromatic heterocycles. The van der Waals surface area contributed by atoms with Crippen molar-refractivity contribution in [3.8, 4) is 0 Å². The van der Waals surface area contributed by atoms with E-state index in [9.17, 15) is 19.8 Å². The maximum absolute atomic E-state index is 11.5. The Labute approximate surface area is 124 Å². The first kappa shape index (κ1) is 13.8. The van der Waals surface area contributed by atoms with Crippen molar-refractivity contribution >= 4 is 33.9 Å². The number of carboxylic acid groups (broad SMARTS) is 2. The van der Waals surface area contributed by atoms with Crippen LogP contribution in [0, 0.1) is 0 Å². The summed E-state index contributed by atoms with van der Waals surface area (Å²) in [5.74, 6) is -2.68. The normalized spacial score (nSPS) is 12.0. The summed E-state index contributed by atoms with van der Waals surface area (Å²) >= 11 is 0. The fourth-order valence-corrected chi connectivity index (χ4v) is 2.51. The summed E-state index contributed by atoms with van der Waals surface area (Å²) in [7, 11) is 1.59. The minimum absolute atomic E-state index is 0.00620. The molecule has 0 saturated carbocycles. The number of hydrogen-bond acceptors (Lipinski definition) is 4. The second-order valence-electron chi connectivity index (χ2n) is 4.65. The third-order valence-corrected chi connectivity index (χ3v) is 3.43. The molecular weight excluding hydrogens is 286 g/mol. The lowest BCUT2D eigenvalue weighted by atomic mass is 10.0. The lowest BCUT2D eigenvalue weighted by molar-refractivity contribution is 0.0652. The van der Waals surface area contributed by atoms with Gasteiger partial charge in [-0.15, -0.1) is 0 Å². The predicted octanol–water partition coefficient (Wildman–Crippen LogP) is 2.51. The quantitative estimate of drug-likeness (QED) is 0.708. The van der Waals surface area contributed by atoms with Crippen LogP contribution in [-0.2, 0) is 0 Å². The van der Waals surface area contributed by atoms with Crippen LogP contribution in [0.4, 0.5) is 0 Å². The Morgan fingerprint density at radius 3 is 2.36 bits per heavy atom. The van der Waals surface area contributed by atoms with E-state index in [1.807, 2.05) is 12.1 Å². The zero-order chi connectivity index (χ0) is 15.9. The van der Waals surface area contributed by atoms with Gasteiger partial charge in [0.05, 0.1) is 10.9 Å². The van der Waals surface area contributed by atoms with E-state index in [1.54, 1.807) is 19.2 Å². The molecular formula is C16H11NO5. The zero-order valence-electron chi connectivity index (χ0n) is 11.5. The fourth-order valence-electron chi connectivity index (χ4n) is 2.51. The molecule has 2 aromatic carbocycles. The smallest absolute Gasteiger partial charge is 0.340 e. The zero-order valence-corrected chi connectivity index (χ0v) is 11.5. The SMILES string of the molecule is CN=c1c2ccccc2oc2c(C(=O)O)c(C(=O)O)ccc12. The van der Waals surface area contributed by atoms with Crippen molar-refractivity contribution in [2.75, 3.05) is 7.05 Å². The summed E-state index contributed by atoms with van der Waals surface area (Å²) in [6, 6.07) is 9.84. The summed E-state index contributed by atoms with van der Waals surface area (Å²) < 4.78 is 5.67. The molecule has 0 radical (unpaired) electrons. The standard InChI is InChI=1S/C16H11NO5/c1-17-13-8-4-2-3-5-11(8)22-14-10(13)7-6-9(15(18)19)12(14)16(20)21/h2-7H,1H3,(H,18,19)(H,20,21). The number of carbonyl (C=O) groups is 2. The highest BCUT2D eigenvalue weighted by Gasteiger charge is 2.22. The van der Waals surface area contributed by atoms with Gasteiger partial charge in [-0.25, -0.2) is 9.59 Å². The van der Waals surface area contributed by atoms with Crippen LogP contribution in [0.1, 0.15) is 20.7 Å². The van der Waals surface area contributed by atoms with Gasteiger partial charge in [0.25, 0.3) is 0 Å². The second-order valence-corrected chi connectivity index (χ2v) is 4.65. The molecule has 0 fully saturated rings. The minimum atomic E-state index is -1.36. The van der Waals surface area contributed by atoms with E-state index in [0.29, 0.717) is 16.3 Å². The number of fused-ring (bicyclic) bond motifs is 2. The lowest BCUT2D eigenvalue weighted by Gasteiger charge is -2.08. The Balaban J connectivity index is 2.64. The van der Waals surface area contributed by atoms with Crippen molar-refractivity contribution in [3.63, 3.8) is 0 Å². The van der Waals surface area contributed by atoms with Crippen LogP contribution in [0.3, 0.4) is 0 Å². The maximum Gasteiger partial charge on any atom is 0.340 e. The molecule has 0 spiro atoms. The van der Waals surface area contributed by atoms with E-state index in [0.717, 1.165) is 5.39 Å². The highest BCUT2D eigenvalue weighted by Crippen LogP contribution is 2.25. The summed E-state index contributed by atoms with van der Waals surface area (Å²) in [6.45, 7) is 0. The number of aromatic carboxylic acids is 2. The van der Waals surface area contributed by atoms with Crippen LogP contribution in [0.2, 0.25) is 0 Å². The minimum Gasteiger partial charge on any atom is -0.478 e. The van der Waals surface area contributed by atoms with Gasteiger partial charge in [0.15, 0.2) is 5.58 Å². The largest absolute Gasteiger partial charge is 0.478 e. The van der Waals surface area contributed by atoms with Gasteiger partial charge >= 0.3 is 11.9 Å². The second kappa shape index (κ2) is 5.00. The topological polar surface area (TPSA) is 100 Å². The van der Waals surface area contributed by atoms with Crippen molar-refractivity contribution in [1.29, 1.82) is 0 Å². The van der Waals surface area contributed by atoms with Crippen LogP contribution >= 0.6 is 0 Å². The average Bonchev–Trinajstić information content (AvgIpc) is 2.50. The highest BCUT2D eigenvalue weighted by molar-refractivity contribution is 6.11. The van der Waals surface area contributed by atoms with Crippen LogP contribution in [0.5, 0.6) is 0 Å². The van der Waals surface area contributed by atoms with Crippen LogP contribution in [0.25, 0.3) is 21.9 Å². The van der Waals surface area contributed by atoms with Crippen LogP contribution < -0.4 is 5.36 Å². The Hall–Kier alpha value is -3.15. The molecule has 2 N–H and O–H groups in total. The van der Waals surface area contributed by atoms with Crippen molar-refractivity contribution in [2.24, 2.45) is 4.99 Å². The average molecular weight is 297 g/mol.